The van der Waals surface area contributed by atoms with Crippen molar-refractivity contribution in [1.82, 2.24) is 19.9 Å². The molecule has 6 nitrogen and oxygen atoms in total. The largest absolute Gasteiger partial charge is 0.340 e. The Balaban J connectivity index is 1.64. The monoisotopic (exact) mass is 367 g/mol. The number of carbonyl (C=O) groups is 1. The number of aromatic nitrogens is 3. The summed E-state index contributed by atoms with van der Waals surface area (Å²) in [6.07, 6.45) is 5.63. The third-order valence-electron chi connectivity index (χ3n) is 3.83. The Labute approximate surface area is 156 Å². The number of likely N-dealkylation sites (N-methyl/N-ethyl adjacent to an activating group) is 1. The molecule has 0 aliphatic carbocycles. The third kappa shape index (κ3) is 4.77. The number of hydrogen-bond acceptors (Lipinski definition) is 5. The van der Waals surface area contributed by atoms with Crippen LogP contribution >= 0.6 is 11.6 Å². The number of carbonyl (C=O) groups excluding carboxylic acids is 1. The summed E-state index contributed by atoms with van der Waals surface area (Å²) in [6, 6.07) is 12.8. The highest BCUT2D eigenvalue weighted by atomic mass is 35.5. The predicted molar refractivity (Wildman–Crippen MR) is 102 cm³/mol. The summed E-state index contributed by atoms with van der Waals surface area (Å²) in [5, 5.41) is 3.79. The number of nitrogens with zero attached hydrogens (tertiary/aromatic N) is 4. The molecule has 3 rings (SSSR count). The number of amides is 1. The van der Waals surface area contributed by atoms with Gasteiger partial charge in [0.05, 0.1) is 0 Å². The fraction of sp³-hybridized carbons (Fsp3) is 0.158. The zero-order valence-electron chi connectivity index (χ0n) is 14.3. The van der Waals surface area contributed by atoms with Crippen LogP contribution in [0.2, 0.25) is 5.02 Å². The smallest absolute Gasteiger partial charge is 0.272 e. The molecule has 0 saturated carbocycles. The van der Waals surface area contributed by atoms with Crippen molar-refractivity contribution in [2.75, 3.05) is 18.9 Å². The molecule has 132 valence electrons. The molecule has 1 amide bonds. The minimum Gasteiger partial charge on any atom is -0.340 e. The van der Waals surface area contributed by atoms with E-state index in [0.29, 0.717) is 23.1 Å². The predicted octanol–water partition coefficient (Wildman–Crippen LogP) is 3.58. The molecule has 26 heavy (non-hydrogen) atoms. The van der Waals surface area contributed by atoms with E-state index >= 15 is 0 Å². The van der Waals surface area contributed by atoms with Gasteiger partial charge in [0.15, 0.2) is 0 Å². The summed E-state index contributed by atoms with van der Waals surface area (Å²) < 4.78 is 0. The van der Waals surface area contributed by atoms with Crippen LogP contribution in [0.3, 0.4) is 0 Å². The average molecular weight is 368 g/mol. The van der Waals surface area contributed by atoms with Gasteiger partial charge in [-0.15, -0.1) is 0 Å². The van der Waals surface area contributed by atoms with E-state index in [1.54, 1.807) is 42.5 Å². The Hall–Kier alpha value is -2.99. The van der Waals surface area contributed by atoms with Gasteiger partial charge in [-0.1, -0.05) is 11.6 Å². The number of nitrogens with one attached hydrogen (secondary N) is 1. The quantitative estimate of drug-likeness (QED) is 0.721. The molecular formula is C19H18ClN5O. The van der Waals surface area contributed by atoms with Gasteiger partial charge in [-0.05, 0) is 48.4 Å². The lowest BCUT2D eigenvalue weighted by molar-refractivity contribution is 0.0790. The number of hydrogen-bond donors (Lipinski definition) is 1. The standard InChI is InChI=1S/C19H18ClN5O/c1-25(11-8-14-6-9-21-10-7-14)19(26)17-12-18(23-13-22-17)24-16-4-2-15(20)3-5-16/h2-7,9-10,12-13H,8,11H2,1H3,(H,22,23,24). The molecule has 3 aromatic rings. The molecule has 0 unspecified atom stereocenters. The number of anilines is 2. The normalized spacial score (nSPS) is 10.4. The number of benzene rings is 1. The Morgan fingerprint density at radius 1 is 1.12 bits per heavy atom. The molecule has 0 aliphatic heterocycles. The van der Waals surface area contributed by atoms with Crippen molar-refractivity contribution in [2.45, 2.75) is 6.42 Å². The van der Waals surface area contributed by atoms with Crippen molar-refractivity contribution < 1.29 is 4.79 Å². The van der Waals surface area contributed by atoms with E-state index in [-0.39, 0.29) is 5.91 Å². The van der Waals surface area contributed by atoms with E-state index in [1.807, 2.05) is 24.3 Å². The topological polar surface area (TPSA) is 71.0 Å². The molecule has 0 radical (unpaired) electrons. The van der Waals surface area contributed by atoms with Gasteiger partial charge in [0.2, 0.25) is 0 Å². The van der Waals surface area contributed by atoms with Gasteiger partial charge in [-0.2, -0.15) is 0 Å². The van der Waals surface area contributed by atoms with Crippen LogP contribution in [0.15, 0.2) is 61.2 Å². The van der Waals surface area contributed by atoms with E-state index in [9.17, 15) is 4.79 Å². The first-order chi connectivity index (χ1) is 12.6. The molecule has 2 heterocycles. The van der Waals surface area contributed by atoms with E-state index in [0.717, 1.165) is 17.7 Å². The van der Waals surface area contributed by atoms with Crippen LogP contribution < -0.4 is 5.32 Å². The van der Waals surface area contributed by atoms with Gasteiger partial charge in [-0.3, -0.25) is 9.78 Å². The van der Waals surface area contributed by atoms with Crippen LogP contribution in [-0.2, 0) is 6.42 Å². The number of rotatable bonds is 6. The fourth-order valence-electron chi connectivity index (χ4n) is 2.37. The lowest BCUT2D eigenvalue weighted by Gasteiger charge is -2.17. The SMILES string of the molecule is CN(CCc1ccncc1)C(=O)c1cc(Nc2ccc(Cl)cc2)ncn1. The summed E-state index contributed by atoms with van der Waals surface area (Å²) in [4.78, 5) is 26.5. The highest BCUT2D eigenvalue weighted by Crippen LogP contribution is 2.18. The second kappa shape index (κ2) is 8.40. The van der Waals surface area contributed by atoms with Crippen molar-refractivity contribution in [2.24, 2.45) is 0 Å². The lowest BCUT2D eigenvalue weighted by Crippen LogP contribution is -2.29. The van der Waals surface area contributed by atoms with Crippen LogP contribution in [0.4, 0.5) is 11.5 Å². The molecule has 0 fully saturated rings. The minimum absolute atomic E-state index is 0.152. The van der Waals surface area contributed by atoms with E-state index in [1.165, 1.54) is 6.33 Å². The van der Waals surface area contributed by atoms with Crippen molar-refractivity contribution in [1.29, 1.82) is 0 Å². The molecular weight excluding hydrogens is 350 g/mol. The summed E-state index contributed by atoms with van der Waals surface area (Å²) in [5.41, 5.74) is 2.30. The molecule has 0 aliphatic rings. The van der Waals surface area contributed by atoms with Crippen molar-refractivity contribution in [3.05, 3.63) is 77.5 Å². The zero-order valence-corrected chi connectivity index (χ0v) is 15.0. The second-order valence-corrected chi connectivity index (χ2v) is 6.19. The fourth-order valence-corrected chi connectivity index (χ4v) is 2.49. The molecule has 2 aromatic heterocycles. The van der Waals surface area contributed by atoms with Crippen LogP contribution in [0.1, 0.15) is 16.1 Å². The minimum atomic E-state index is -0.152. The maximum Gasteiger partial charge on any atom is 0.272 e. The zero-order chi connectivity index (χ0) is 18.4. The summed E-state index contributed by atoms with van der Waals surface area (Å²) in [7, 11) is 1.76. The van der Waals surface area contributed by atoms with Gasteiger partial charge in [-0.25, -0.2) is 9.97 Å². The van der Waals surface area contributed by atoms with Gasteiger partial charge < -0.3 is 10.2 Å². The Bertz CT molecular complexity index is 871. The Morgan fingerprint density at radius 3 is 2.58 bits per heavy atom. The maximum atomic E-state index is 12.6. The van der Waals surface area contributed by atoms with Crippen molar-refractivity contribution in [3.63, 3.8) is 0 Å². The van der Waals surface area contributed by atoms with Gasteiger partial charge >= 0.3 is 0 Å². The van der Waals surface area contributed by atoms with Crippen molar-refractivity contribution in [3.8, 4) is 0 Å². The number of pyridine rings is 1. The molecule has 0 atom stereocenters. The van der Waals surface area contributed by atoms with E-state index in [2.05, 4.69) is 20.3 Å². The molecule has 0 bridgehead atoms. The molecule has 1 N–H and O–H groups in total. The average Bonchev–Trinajstić information content (AvgIpc) is 2.68. The van der Waals surface area contributed by atoms with Crippen molar-refractivity contribution >= 4 is 29.0 Å². The lowest BCUT2D eigenvalue weighted by atomic mass is 10.2. The first-order valence-electron chi connectivity index (χ1n) is 8.11. The van der Waals surface area contributed by atoms with Gasteiger partial charge in [0, 0.05) is 42.8 Å². The third-order valence-corrected chi connectivity index (χ3v) is 4.09. The van der Waals surface area contributed by atoms with Crippen LogP contribution in [0.5, 0.6) is 0 Å². The highest BCUT2D eigenvalue weighted by Gasteiger charge is 2.14. The number of halogens is 1. The first kappa shape index (κ1) is 17.8. The second-order valence-electron chi connectivity index (χ2n) is 5.75. The summed E-state index contributed by atoms with van der Waals surface area (Å²) in [5.74, 6) is 0.397. The van der Waals surface area contributed by atoms with E-state index in [4.69, 9.17) is 11.6 Å². The first-order valence-corrected chi connectivity index (χ1v) is 8.48. The van der Waals surface area contributed by atoms with E-state index < -0.39 is 0 Å². The Kier molecular flexibility index (Phi) is 5.76. The van der Waals surface area contributed by atoms with Crippen LogP contribution in [-0.4, -0.2) is 39.4 Å². The summed E-state index contributed by atoms with van der Waals surface area (Å²) in [6.45, 7) is 0.590. The van der Waals surface area contributed by atoms with Gasteiger partial charge in [0.25, 0.3) is 5.91 Å². The highest BCUT2D eigenvalue weighted by molar-refractivity contribution is 6.30. The molecule has 0 saturated heterocycles. The Morgan fingerprint density at radius 2 is 1.85 bits per heavy atom. The van der Waals surface area contributed by atoms with Crippen LogP contribution in [0.25, 0.3) is 0 Å². The molecule has 7 heteroatoms. The molecule has 0 spiro atoms. The maximum absolute atomic E-state index is 12.6. The summed E-state index contributed by atoms with van der Waals surface area (Å²) >= 11 is 5.88. The van der Waals surface area contributed by atoms with Crippen LogP contribution in [0, 0.1) is 0 Å². The molecule has 1 aromatic carbocycles. The van der Waals surface area contributed by atoms with Gasteiger partial charge in [0.1, 0.15) is 17.8 Å².